The molecule has 2 rings (SSSR count). The molecule has 0 heterocycles. The molecule has 4 heteroatoms. The average Bonchev–Trinajstić information content (AvgIpc) is 2.92. The van der Waals surface area contributed by atoms with Crippen LogP contribution in [0.1, 0.15) is 49.9 Å². The molecule has 0 spiro atoms. The molecule has 1 aliphatic carbocycles. The highest BCUT2D eigenvalue weighted by Crippen LogP contribution is 2.29. The molecular formula is C16H23NO3. The number of phenols is 2. The Labute approximate surface area is 120 Å². The van der Waals surface area contributed by atoms with Crippen molar-refractivity contribution >= 4 is 5.91 Å². The second-order valence-corrected chi connectivity index (χ2v) is 5.99. The zero-order chi connectivity index (χ0) is 14.7. The van der Waals surface area contributed by atoms with Crippen molar-refractivity contribution in [1.82, 2.24) is 4.90 Å². The molecule has 2 N–H and O–H groups in total. The number of rotatable bonds is 4. The van der Waals surface area contributed by atoms with E-state index in [-0.39, 0.29) is 17.4 Å². The molecule has 1 saturated carbocycles. The summed E-state index contributed by atoms with van der Waals surface area (Å²) >= 11 is 0. The third kappa shape index (κ3) is 3.24. The first-order chi connectivity index (χ1) is 9.49. The SMILES string of the molecule is CC(C)CN(C(=O)c1ccc(O)c(O)c1)C1CCCC1. The second-order valence-electron chi connectivity index (χ2n) is 5.99. The van der Waals surface area contributed by atoms with Crippen LogP contribution in [-0.2, 0) is 0 Å². The molecule has 0 aliphatic heterocycles. The predicted molar refractivity (Wildman–Crippen MR) is 77.9 cm³/mol. The smallest absolute Gasteiger partial charge is 0.254 e. The Hall–Kier alpha value is -1.71. The van der Waals surface area contributed by atoms with Crippen LogP contribution in [0.3, 0.4) is 0 Å². The number of hydrogen-bond donors (Lipinski definition) is 2. The van der Waals surface area contributed by atoms with E-state index in [9.17, 15) is 15.0 Å². The first-order valence-electron chi connectivity index (χ1n) is 7.32. The normalized spacial score (nSPS) is 15.8. The van der Waals surface area contributed by atoms with Gasteiger partial charge in [0.25, 0.3) is 5.91 Å². The van der Waals surface area contributed by atoms with Crippen LogP contribution in [0.25, 0.3) is 0 Å². The first kappa shape index (κ1) is 14.7. The number of nitrogens with zero attached hydrogens (tertiary/aromatic N) is 1. The summed E-state index contributed by atoms with van der Waals surface area (Å²) in [6.07, 6.45) is 4.46. The molecule has 0 atom stereocenters. The summed E-state index contributed by atoms with van der Waals surface area (Å²) in [5.41, 5.74) is 0.438. The van der Waals surface area contributed by atoms with Gasteiger partial charge in [-0.2, -0.15) is 0 Å². The van der Waals surface area contributed by atoms with Gasteiger partial charge in [0.1, 0.15) is 0 Å². The van der Waals surface area contributed by atoms with E-state index in [2.05, 4.69) is 13.8 Å². The molecule has 1 aliphatic rings. The van der Waals surface area contributed by atoms with Gasteiger partial charge in [-0.05, 0) is 37.0 Å². The molecular weight excluding hydrogens is 254 g/mol. The quantitative estimate of drug-likeness (QED) is 0.831. The Morgan fingerprint density at radius 3 is 2.45 bits per heavy atom. The monoisotopic (exact) mass is 277 g/mol. The Bertz CT molecular complexity index is 479. The number of phenolic OH excluding ortho intramolecular Hbond substituents is 2. The summed E-state index contributed by atoms with van der Waals surface area (Å²) in [5, 5.41) is 18.9. The Morgan fingerprint density at radius 2 is 1.90 bits per heavy atom. The molecule has 1 amide bonds. The van der Waals surface area contributed by atoms with Gasteiger partial charge in [-0.1, -0.05) is 26.7 Å². The molecule has 1 aromatic rings. The van der Waals surface area contributed by atoms with Gasteiger partial charge in [0, 0.05) is 18.2 Å². The minimum absolute atomic E-state index is 0.0547. The van der Waals surface area contributed by atoms with Gasteiger partial charge < -0.3 is 15.1 Å². The molecule has 4 nitrogen and oxygen atoms in total. The maximum Gasteiger partial charge on any atom is 0.254 e. The lowest BCUT2D eigenvalue weighted by atomic mass is 10.1. The van der Waals surface area contributed by atoms with Crippen molar-refractivity contribution in [3.05, 3.63) is 23.8 Å². The van der Waals surface area contributed by atoms with Crippen molar-refractivity contribution in [3.8, 4) is 11.5 Å². The molecule has 1 aromatic carbocycles. The highest BCUT2D eigenvalue weighted by atomic mass is 16.3. The van der Waals surface area contributed by atoms with Gasteiger partial charge >= 0.3 is 0 Å². The Morgan fingerprint density at radius 1 is 1.25 bits per heavy atom. The van der Waals surface area contributed by atoms with Gasteiger partial charge in [-0.3, -0.25) is 4.79 Å². The van der Waals surface area contributed by atoms with Crippen LogP contribution in [0, 0.1) is 5.92 Å². The molecule has 1 fully saturated rings. The van der Waals surface area contributed by atoms with Crippen LogP contribution in [0.15, 0.2) is 18.2 Å². The van der Waals surface area contributed by atoms with Crippen molar-refractivity contribution in [2.45, 2.75) is 45.6 Å². The molecule has 0 saturated heterocycles. The maximum absolute atomic E-state index is 12.7. The third-order valence-corrected chi connectivity index (χ3v) is 3.81. The highest BCUT2D eigenvalue weighted by molar-refractivity contribution is 5.95. The molecule has 110 valence electrons. The topological polar surface area (TPSA) is 60.8 Å². The first-order valence-corrected chi connectivity index (χ1v) is 7.32. The van der Waals surface area contributed by atoms with E-state index in [4.69, 9.17) is 0 Å². The van der Waals surface area contributed by atoms with E-state index < -0.39 is 0 Å². The molecule has 20 heavy (non-hydrogen) atoms. The van der Waals surface area contributed by atoms with Crippen molar-refractivity contribution in [2.24, 2.45) is 5.92 Å². The highest BCUT2D eigenvalue weighted by Gasteiger charge is 2.28. The lowest BCUT2D eigenvalue weighted by Gasteiger charge is -2.30. The summed E-state index contributed by atoms with van der Waals surface area (Å²) < 4.78 is 0. The van der Waals surface area contributed by atoms with Crippen LogP contribution in [0.2, 0.25) is 0 Å². The van der Waals surface area contributed by atoms with E-state index in [0.717, 1.165) is 19.4 Å². The predicted octanol–water partition coefficient (Wildman–Crippen LogP) is 3.14. The van der Waals surface area contributed by atoms with Gasteiger partial charge in [-0.25, -0.2) is 0 Å². The van der Waals surface area contributed by atoms with Crippen molar-refractivity contribution < 1.29 is 15.0 Å². The third-order valence-electron chi connectivity index (χ3n) is 3.81. The zero-order valence-corrected chi connectivity index (χ0v) is 12.2. The van der Waals surface area contributed by atoms with Gasteiger partial charge in [0.05, 0.1) is 0 Å². The van der Waals surface area contributed by atoms with Gasteiger partial charge in [0.15, 0.2) is 11.5 Å². The molecule has 0 radical (unpaired) electrons. The van der Waals surface area contributed by atoms with E-state index >= 15 is 0 Å². The fourth-order valence-electron chi connectivity index (χ4n) is 2.83. The molecule has 0 unspecified atom stereocenters. The van der Waals surface area contributed by atoms with Crippen LogP contribution < -0.4 is 0 Å². The standard InChI is InChI=1S/C16H23NO3/c1-11(2)10-17(13-5-3-4-6-13)16(20)12-7-8-14(18)15(19)9-12/h7-9,11,13,18-19H,3-6,10H2,1-2H3. The minimum atomic E-state index is -0.244. The number of amides is 1. The second kappa shape index (κ2) is 6.16. The summed E-state index contributed by atoms with van der Waals surface area (Å²) in [6.45, 7) is 4.93. The minimum Gasteiger partial charge on any atom is -0.504 e. The Balaban J connectivity index is 2.22. The fraction of sp³-hybridized carbons (Fsp3) is 0.562. The number of carbonyl (C=O) groups is 1. The van der Waals surface area contributed by atoms with Crippen LogP contribution in [0.4, 0.5) is 0 Å². The van der Waals surface area contributed by atoms with Crippen molar-refractivity contribution in [2.75, 3.05) is 6.54 Å². The van der Waals surface area contributed by atoms with E-state index in [1.807, 2.05) is 4.90 Å². The number of benzene rings is 1. The van der Waals surface area contributed by atoms with Crippen molar-refractivity contribution in [1.29, 1.82) is 0 Å². The summed E-state index contributed by atoms with van der Waals surface area (Å²) in [6, 6.07) is 4.59. The summed E-state index contributed by atoms with van der Waals surface area (Å²) in [5.74, 6) is -0.0873. The number of hydrogen-bond acceptors (Lipinski definition) is 3. The van der Waals surface area contributed by atoms with Crippen LogP contribution in [-0.4, -0.2) is 33.6 Å². The van der Waals surface area contributed by atoms with Gasteiger partial charge in [0.2, 0.25) is 0 Å². The maximum atomic E-state index is 12.7. The van der Waals surface area contributed by atoms with Crippen LogP contribution >= 0.6 is 0 Å². The molecule has 0 aromatic heterocycles. The zero-order valence-electron chi connectivity index (χ0n) is 12.2. The van der Waals surface area contributed by atoms with Crippen molar-refractivity contribution in [3.63, 3.8) is 0 Å². The van der Waals surface area contributed by atoms with Gasteiger partial charge in [-0.15, -0.1) is 0 Å². The van der Waals surface area contributed by atoms with E-state index in [1.165, 1.54) is 25.0 Å². The summed E-state index contributed by atoms with van der Waals surface area (Å²) in [7, 11) is 0. The largest absolute Gasteiger partial charge is 0.504 e. The van der Waals surface area contributed by atoms with E-state index in [1.54, 1.807) is 6.07 Å². The number of carbonyl (C=O) groups excluding carboxylic acids is 1. The Kier molecular flexibility index (Phi) is 4.53. The average molecular weight is 277 g/mol. The molecule has 0 bridgehead atoms. The van der Waals surface area contributed by atoms with Crippen LogP contribution in [0.5, 0.6) is 11.5 Å². The lowest BCUT2D eigenvalue weighted by Crippen LogP contribution is -2.41. The lowest BCUT2D eigenvalue weighted by molar-refractivity contribution is 0.0655. The summed E-state index contributed by atoms with van der Waals surface area (Å²) in [4.78, 5) is 14.6. The number of aromatic hydroxyl groups is 2. The van der Waals surface area contributed by atoms with E-state index in [0.29, 0.717) is 17.5 Å². The fourth-order valence-corrected chi connectivity index (χ4v) is 2.83.